The van der Waals surface area contributed by atoms with E-state index in [0.717, 1.165) is 143 Å². The van der Waals surface area contributed by atoms with Crippen LogP contribution in [0.25, 0.3) is 165 Å². The van der Waals surface area contributed by atoms with E-state index in [1.807, 2.05) is 79.3 Å². The summed E-state index contributed by atoms with van der Waals surface area (Å²) in [7, 11) is 0. The number of benzene rings is 15. The van der Waals surface area contributed by atoms with Gasteiger partial charge in [-0.2, -0.15) is 0 Å². The van der Waals surface area contributed by atoms with Crippen LogP contribution in [-0.2, 0) is 0 Å². The largest absolute Gasteiger partial charge is 0.252 e. The van der Waals surface area contributed by atoms with E-state index in [9.17, 15) is 0 Å². The van der Waals surface area contributed by atoms with Gasteiger partial charge in [0.1, 0.15) is 0 Å². The molecule has 3 heterocycles. The standard InChI is InChI=1S/C28H16Cl2N2.2C28H17ClN2/c29-20-13-19(14-21(30)15-20)17-9-11-18(12-10-17)26-16-31-27-24-7-3-1-5-22(24)23-6-2-4-8-25(23)28(27)32-26;29-21-7-5-6-20(16-21)18-12-14-19(15-13-18)26-17-30-27-24-10-3-1-8-22(24)23-9-2-4-11-25(23)28(27)31-26;29-21-14-12-18(13-15-21)19-6-5-7-20(16-19)26-17-30-27-24-10-3-1-8-22(24)23-9-2-4-11-25(23)28(27)31-26/h1-16H;2*1-17H. The summed E-state index contributed by atoms with van der Waals surface area (Å²) in [5, 5.41) is 16.7. The lowest BCUT2D eigenvalue weighted by atomic mass is 9.99. The third-order valence-electron chi connectivity index (χ3n) is 17.3. The fourth-order valence-corrected chi connectivity index (χ4v) is 13.7. The molecule has 0 unspecified atom stereocenters. The molecule has 0 amide bonds. The Balaban J connectivity index is 0.000000112. The number of nitrogens with zero attached hydrogens (tertiary/aromatic N) is 6. The molecule has 3 aromatic heterocycles. The Morgan fingerprint density at radius 3 is 0.819 bits per heavy atom. The number of fused-ring (bicyclic) bond motifs is 18. The third kappa shape index (κ3) is 11.1. The lowest BCUT2D eigenvalue weighted by Crippen LogP contribution is -1.92. The predicted molar refractivity (Wildman–Crippen MR) is 396 cm³/mol. The van der Waals surface area contributed by atoms with Crippen molar-refractivity contribution in [2.24, 2.45) is 0 Å². The molecule has 0 spiro atoms. The van der Waals surface area contributed by atoms with Crippen molar-refractivity contribution in [2.75, 3.05) is 0 Å². The van der Waals surface area contributed by atoms with Crippen molar-refractivity contribution in [3.05, 3.63) is 324 Å². The van der Waals surface area contributed by atoms with Crippen LogP contribution in [0.15, 0.2) is 304 Å². The zero-order chi connectivity index (χ0) is 63.2. The molecule has 15 aromatic carbocycles. The molecular formula is C84H50Cl4N6. The van der Waals surface area contributed by atoms with Crippen LogP contribution in [0.1, 0.15) is 0 Å². The van der Waals surface area contributed by atoms with Crippen LogP contribution in [0, 0.1) is 0 Å². The van der Waals surface area contributed by atoms with Gasteiger partial charge in [0.15, 0.2) is 0 Å². The molecule has 444 valence electrons. The fraction of sp³-hybridized carbons (Fsp3) is 0. The van der Waals surface area contributed by atoms with E-state index in [1.54, 1.807) is 6.07 Å². The van der Waals surface area contributed by atoms with Crippen LogP contribution >= 0.6 is 46.4 Å². The Labute approximate surface area is 561 Å². The van der Waals surface area contributed by atoms with Crippen molar-refractivity contribution >= 4 is 144 Å². The summed E-state index contributed by atoms with van der Waals surface area (Å²) in [6.45, 7) is 0. The number of aromatic nitrogens is 6. The topological polar surface area (TPSA) is 77.3 Å². The van der Waals surface area contributed by atoms with E-state index in [2.05, 4.69) is 218 Å². The normalized spacial score (nSPS) is 11.4. The molecule has 0 atom stereocenters. The minimum absolute atomic E-state index is 0.621. The van der Waals surface area contributed by atoms with Gasteiger partial charge in [-0.1, -0.05) is 283 Å². The third-order valence-corrected chi connectivity index (χ3v) is 18.3. The van der Waals surface area contributed by atoms with Crippen molar-refractivity contribution in [3.8, 4) is 67.2 Å². The number of rotatable bonds is 6. The first-order valence-corrected chi connectivity index (χ1v) is 32.2. The summed E-state index contributed by atoms with van der Waals surface area (Å²) in [4.78, 5) is 29.8. The summed E-state index contributed by atoms with van der Waals surface area (Å²) >= 11 is 24.5. The van der Waals surface area contributed by atoms with Crippen LogP contribution in [-0.4, -0.2) is 29.9 Å². The summed E-state index contributed by atoms with van der Waals surface area (Å²) in [5.74, 6) is 0. The first kappa shape index (κ1) is 58.1. The summed E-state index contributed by atoms with van der Waals surface area (Å²) in [6.07, 6.45) is 5.61. The number of hydrogen-bond donors (Lipinski definition) is 0. The van der Waals surface area contributed by atoms with Gasteiger partial charge in [-0.05, 0) is 114 Å². The quantitative estimate of drug-likeness (QED) is 0.154. The van der Waals surface area contributed by atoms with E-state index in [1.165, 1.54) is 32.3 Å². The van der Waals surface area contributed by atoms with Gasteiger partial charge in [0.05, 0.1) is 68.8 Å². The van der Waals surface area contributed by atoms with Crippen LogP contribution < -0.4 is 0 Å². The molecule has 6 nitrogen and oxygen atoms in total. The predicted octanol–water partition coefficient (Wildman–Crippen LogP) is 24.4. The Kier molecular flexibility index (Phi) is 15.4. The summed E-state index contributed by atoms with van der Waals surface area (Å²) < 4.78 is 0. The number of halogens is 4. The maximum absolute atomic E-state index is 6.17. The zero-order valence-electron chi connectivity index (χ0n) is 50.1. The second-order valence-corrected chi connectivity index (χ2v) is 24.8. The minimum Gasteiger partial charge on any atom is -0.252 e. The van der Waals surface area contributed by atoms with Crippen LogP contribution in [0.5, 0.6) is 0 Å². The molecule has 0 radical (unpaired) electrons. The molecule has 0 aliphatic carbocycles. The molecule has 0 saturated carbocycles. The molecule has 10 heteroatoms. The van der Waals surface area contributed by atoms with E-state index in [-0.39, 0.29) is 0 Å². The lowest BCUT2D eigenvalue weighted by molar-refractivity contribution is 1.31. The van der Waals surface area contributed by atoms with Gasteiger partial charge in [0.2, 0.25) is 0 Å². The smallest absolute Gasteiger partial charge is 0.0979 e. The zero-order valence-corrected chi connectivity index (χ0v) is 53.1. The minimum atomic E-state index is 0.621. The van der Waals surface area contributed by atoms with Gasteiger partial charge < -0.3 is 0 Å². The SMILES string of the molecule is Clc1cc(Cl)cc(-c2ccc(-c3cnc4c5ccccc5c5ccccc5c4n3)cc2)c1.Clc1ccc(-c2cccc(-c3cnc4c5ccccc5c5ccccc5c4n3)c2)cc1.Clc1cccc(-c2ccc(-c3cnc4c5ccccc5c5ccccc5c4n3)cc2)c1. The molecule has 0 fully saturated rings. The highest BCUT2D eigenvalue weighted by molar-refractivity contribution is 6.35. The van der Waals surface area contributed by atoms with Gasteiger partial charge in [-0.15, -0.1) is 0 Å². The Morgan fingerprint density at radius 2 is 0.447 bits per heavy atom. The van der Waals surface area contributed by atoms with Gasteiger partial charge in [-0.3, -0.25) is 15.0 Å². The van der Waals surface area contributed by atoms with Crippen molar-refractivity contribution in [2.45, 2.75) is 0 Å². The molecule has 0 N–H and O–H groups in total. The van der Waals surface area contributed by atoms with Gasteiger partial charge in [0, 0.05) is 69.1 Å². The average molecular weight is 1290 g/mol. The molecule has 0 bridgehead atoms. The van der Waals surface area contributed by atoms with E-state index in [4.69, 9.17) is 76.3 Å². The molecule has 0 aliphatic heterocycles. The highest BCUT2D eigenvalue weighted by Gasteiger charge is 2.17. The lowest BCUT2D eigenvalue weighted by Gasteiger charge is -2.11. The molecule has 0 saturated heterocycles. The maximum Gasteiger partial charge on any atom is 0.0979 e. The van der Waals surface area contributed by atoms with Crippen molar-refractivity contribution in [3.63, 3.8) is 0 Å². The Morgan fingerprint density at radius 1 is 0.170 bits per heavy atom. The highest BCUT2D eigenvalue weighted by atomic mass is 35.5. The molecule has 0 aliphatic rings. The average Bonchev–Trinajstić information content (AvgIpc) is 0.766. The van der Waals surface area contributed by atoms with Crippen molar-refractivity contribution < 1.29 is 0 Å². The second kappa shape index (κ2) is 24.9. The van der Waals surface area contributed by atoms with Gasteiger partial charge >= 0.3 is 0 Å². The maximum atomic E-state index is 6.17. The summed E-state index contributed by atoms with van der Waals surface area (Å²) in [5.41, 5.74) is 17.7. The van der Waals surface area contributed by atoms with E-state index >= 15 is 0 Å². The van der Waals surface area contributed by atoms with Crippen LogP contribution in [0.2, 0.25) is 20.1 Å². The van der Waals surface area contributed by atoms with Crippen molar-refractivity contribution in [1.29, 1.82) is 0 Å². The molecule has 94 heavy (non-hydrogen) atoms. The Bertz CT molecular complexity index is 5860. The van der Waals surface area contributed by atoms with Crippen LogP contribution in [0.4, 0.5) is 0 Å². The second-order valence-electron chi connectivity index (χ2n) is 23.0. The molecule has 18 aromatic rings. The Hall–Kier alpha value is -11.0. The first-order chi connectivity index (χ1) is 46.2. The highest BCUT2D eigenvalue weighted by Crippen LogP contribution is 2.39. The molecular weight excluding hydrogens is 1230 g/mol. The van der Waals surface area contributed by atoms with E-state index in [0.29, 0.717) is 10.0 Å². The van der Waals surface area contributed by atoms with Crippen molar-refractivity contribution in [1.82, 2.24) is 29.9 Å². The van der Waals surface area contributed by atoms with Gasteiger partial charge in [-0.25, -0.2) is 15.0 Å². The fourth-order valence-electron chi connectivity index (χ4n) is 12.8. The number of hydrogen-bond acceptors (Lipinski definition) is 6. The monoisotopic (exact) mass is 1280 g/mol. The van der Waals surface area contributed by atoms with Gasteiger partial charge in [0.25, 0.3) is 0 Å². The van der Waals surface area contributed by atoms with Crippen LogP contribution in [0.3, 0.4) is 0 Å². The first-order valence-electron chi connectivity index (χ1n) is 30.7. The van der Waals surface area contributed by atoms with E-state index < -0.39 is 0 Å². The molecule has 18 rings (SSSR count). The summed E-state index contributed by atoms with van der Waals surface area (Å²) in [6, 6.07) is 96.8.